The summed E-state index contributed by atoms with van der Waals surface area (Å²) < 4.78 is 6.03. The lowest BCUT2D eigenvalue weighted by Crippen LogP contribution is -2.30. The Morgan fingerprint density at radius 3 is 2.82 bits per heavy atom. The molecule has 2 fully saturated rings. The van der Waals surface area contributed by atoms with E-state index in [9.17, 15) is 0 Å². The van der Waals surface area contributed by atoms with E-state index in [1.54, 1.807) is 0 Å². The Bertz CT molecular complexity index is 648. The third-order valence-electron chi connectivity index (χ3n) is 4.59. The van der Waals surface area contributed by atoms with Gasteiger partial charge in [-0.05, 0) is 74.3 Å². The van der Waals surface area contributed by atoms with Crippen LogP contribution in [0, 0.1) is 5.92 Å². The number of hydrogen-bond donors (Lipinski definition) is 2. The lowest BCUT2D eigenvalue weighted by molar-refractivity contribution is 0.211. The highest BCUT2D eigenvalue weighted by atomic mass is 16.5. The predicted octanol–water partition coefficient (Wildman–Crippen LogP) is 3.19. The number of benzene rings is 1. The number of pyridine rings is 1. The molecule has 4 heteroatoms. The van der Waals surface area contributed by atoms with Crippen LogP contribution in [0.3, 0.4) is 0 Å². The Labute approximate surface area is 131 Å². The van der Waals surface area contributed by atoms with Gasteiger partial charge >= 0.3 is 0 Å². The van der Waals surface area contributed by atoms with Crippen molar-refractivity contribution in [3.63, 3.8) is 0 Å². The van der Waals surface area contributed by atoms with Gasteiger partial charge in [0.05, 0.1) is 6.61 Å². The van der Waals surface area contributed by atoms with E-state index in [-0.39, 0.29) is 0 Å². The van der Waals surface area contributed by atoms with E-state index in [4.69, 9.17) is 4.74 Å². The summed E-state index contributed by atoms with van der Waals surface area (Å²) in [5.74, 6) is 1.42. The van der Waals surface area contributed by atoms with Crippen molar-refractivity contribution < 1.29 is 4.74 Å². The lowest BCUT2D eigenvalue weighted by atomic mass is 9.99. The fourth-order valence-corrected chi connectivity index (χ4v) is 3.06. The maximum Gasteiger partial charge on any atom is 0.221 e. The Balaban J connectivity index is 1.49. The van der Waals surface area contributed by atoms with E-state index >= 15 is 0 Å². The largest absolute Gasteiger partial charge is 0.477 e. The van der Waals surface area contributed by atoms with Crippen molar-refractivity contribution in [2.24, 2.45) is 5.92 Å². The fourth-order valence-electron chi connectivity index (χ4n) is 3.06. The molecule has 1 saturated carbocycles. The zero-order valence-corrected chi connectivity index (χ0v) is 12.8. The molecule has 4 rings (SSSR count). The summed E-state index contributed by atoms with van der Waals surface area (Å²) in [5, 5.41) is 9.24. The van der Waals surface area contributed by atoms with E-state index in [0.717, 1.165) is 31.0 Å². The van der Waals surface area contributed by atoms with E-state index in [1.807, 2.05) is 6.20 Å². The molecule has 1 aromatic heterocycles. The van der Waals surface area contributed by atoms with E-state index in [0.29, 0.717) is 12.0 Å². The topological polar surface area (TPSA) is 46.2 Å². The summed E-state index contributed by atoms with van der Waals surface area (Å²) in [4.78, 5) is 4.44. The van der Waals surface area contributed by atoms with Crippen molar-refractivity contribution in [2.75, 3.05) is 25.0 Å². The lowest BCUT2D eigenvalue weighted by Gasteiger charge is -2.22. The van der Waals surface area contributed by atoms with Crippen molar-refractivity contribution in [3.8, 4) is 5.88 Å². The molecule has 0 amide bonds. The van der Waals surface area contributed by atoms with Crippen LogP contribution in [0.5, 0.6) is 5.88 Å². The standard InChI is InChI=1S/C18H23N3O/c1-2-15(1)21-16-3-4-17-14(11-16)7-10-20-18(17)22-12-13-5-8-19-9-6-13/h3-4,7,10-11,13,15,19,21H,1-2,5-6,8-9,12H2. The molecule has 0 bridgehead atoms. The van der Waals surface area contributed by atoms with Crippen LogP contribution in [0.2, 0.25) is 0 Å². The molecule has 4 nitrogen and oxygen atoms in total. The van der Waals surface area contributed by atoms with E-state index in [2.05, 4.69) is 39.9 Å². The summed E-state index contributed by atoms with van der Waals surface area (Å²) in [6.45, 7) is 2.98. The maximum atomic E-state index is 6.03. The molecule has 2 heterocycles. The molecule has 1 aliphatic heterocycles. The van der Waals surface area contributed by atoms with Gasteiger partial charge in [0.25, 0.3) is 0 Å². The minimum atomic E-state index is 0.647. The monoisotopic (exact) mass is 297 g/mol. The molecule has 1 aromatic carbocycles. The molecule has 2 N–H and O–H groups in total. The van der Waals surface area contributed by atoms with Crippen molar-refractivity contribution >= 4 is 16.5 Å². The van der Waals surface area contributed by atoms with Gasteiger partial charge in [-0.1, -0.05) is 0 Å². The number of anilines is 1. The van der Waals surface area contributed by atoms with Gasteiger partial charge in [0.1, 0.15) is 0 Å². The fraction of sp³-hybridized carbons (Fsp3) is 0.500. The number of piperidine rings is 1. The number of rotatable bonds is 5. The second kappa shape index (κ2) is 6.13. The van der Waals surface area contributed by atoms with Gasteiger partial charge in [-0.2, -0.15) is 0 Å². The van der Waals surface area contributed by atoms with Crippen LogP contribution in [0.25, 0.3) is 10.8 Å². The highest BCUT2D eigenvalue weighted by Gasteiger charge is 2.21. The molecule has 22 heavy (non-hydrogen) atoms. The zero-order chi connectivity index (χ0) is 14.8. The summed E-state index contributed by atoms with van der Waals surface area (Å²) >= 11 is 0. The minimum Gasteiger partial charge on any atom is -0.477 e. The van der Waals surface area contributed by atoms with Crippen LogP contribution in [0.4, 0.5) is 5.69 Å². The second-order valence-corrected chi connectivity index (χ2v) is 6.48. The Morgan fingerprint density at radius 1 is 1.14 bits per heavy atom. The Kier molecular flexibility index (Phi) is 3.85. The molecule has 0 spiro atoms. The van der Waals surface area contributed by atoms with Crippen LogP contribution in [-0.4, -0.2) is 30.7 Å². The number of aromatic nitrogens is 1. The minimum absolute atomic E-state index is 0.647. The molecular formula is C18H23N3O. The first-order valence-electron chi connectivity index (χ1n) is 8.37. The molecule has 2 aromatic rings. The molecule has 0 radical (unpaired) electrons. The number of hydrogen-bond acceptors (Lipinski definition) is 4. The molecule has 1 aliphatic carbocycles. The highest BCUT2D eigenvalue weighted by Crippen LogP contribution is 2.30. The van der Waals surface area contributed by atoms with Gasteiger partial charge in [0.2, 0.25) is 5.88 Å². The molecule has 116 valence electrons. The predicted molar refractivity (Wildman–Crippen MR) is 89.5 cm³/mol. The Morgan fingerprint density at radius 2 is 2.00 bits per heavy atom. The molecule has 0 atom stereocenters. The van der Waals surface area contributed by atoms with Gasteiger partial charge in [0, 0.05) is 23.3 Å². The zero-order valence-electron chi connectivity index (χ0n) is 12.8. The van der Waals surface area contributed by atoms with Crippen LogP contribution < -0.4 is 15.4 Å². The number of nitrogens with one attached hydrogen (secondary N) is 2. The number of nitrogens with zero attached hydrogens (tertiary/aromatic N) is 1. The van der Waals surface area contributed by atoms with Crippen molar-refractivity contribution in [1.82, 2.24) is 10.3 Å². The van der Waals surface area contributed by atoms with Crippen molar-refractivity contribution in [2.45, 2.75) is 31.7 Å². The van der Waals surface area contributed by atoms with Crippen LogP contribution in [0.15, 0.2) is 30.5 Å². The van der Waals surface area contributed by atoms with Gasteiger partial charge in [-0.25, -0.2) is 4.98 Å². The summed E-state index contributed by atoms with van der Waals surface area (Å²) in [7, 11) is 0. The second-order valence-electron chi connectivity index (χ2n) is 6.48. The quantitative estimate of drug-likeness (QED) is 0.890. The number of ether oxygens (including phenoxy) is 1. The number of fused-ring (bicyclic) bond motifs is 1. The molecule has 2 aliphatic rings. The van der Waals surface area contributed by atoms with E-state index < -0.39 is 0 Å². The van der Waals surface area contributed by atoms with Crippen molar-refractivity contribution in [3.05, 3.63) is 30.5 Å². The first-order chi connectivity index (χ1) is 10.9. The first kappa shape index (κ1) is 13.8. The van der Waals surface area contributed by atoms with Gasteiger partial charge in [-0.15, -0.1) is 0 Å². The Hall–Kier alpha value is -1.81. The third kappa shape index (κ3) is 3.17. The van der Waals surface area contributed by atoms with Crippen LogP contribution in [-0.2, 0) is 0 Å². The van der Waals surface area contributed by atoms with Gasteiger partial charge < -0.3 is 15.4 Å². The van der Waals surface area contributed by atoms with Crippen molar-refractivity contribution in [1.29, 1.82) is 0 Å². The van der Waals surface area contributed by atoms with Crippen LogP contribution >= 0.6 is 0 Å². The first-order valence-corrected chi connectivity index (χ1v) is 8.37. The van der Waals surface area contributed by atoms with Gasteiger partial charge in [-0.3, -0.25) is 0 Å². The third-order valence-corrected chi connectivity index (χ3v) is 4.59. The average molecular weight is 297 g/mol. The maximum absolute atomic E-state index is 6.03. The molecular weight excluding hydrogens is 274 g/mol. The smallest absolute Gasteiger partial charge is 0.221 e. The molecule has 0 unspecified atom stereocenters. The highest BCUT2D eigenvalue weighted by molar-refractivity contribution is 5.89. The SMILES string of the molecule is c1cc2cc(NC3CC3)ccc2c(OCC2CCNCC2)n1. The summed E-state index contributed by atoms with van der Waals surface area (Å²) in [6, 6.07) is 9.21. The van der Waals surface area contributed by atoms with Crippen LogP contribution in [0.1, 0.15) is 25.7 Å². The summed E-state index contributed by atoms with van der Waals surface area (Å²) in [5.41, 5.74) is 1.20. The molecule has 1 saturated heterocycles. The van der Waals surface area contributed by atoms with Gasteiger partial charge in [0.15, 0.2) is 0 Å². The summed E-state index contributed by atoms with van der Waals surface area (Å²) in [6.07, 6.45) is 6.82. The average Bonchev–Trinajstić information content (AvgIpc) is 3.37. The normalized spacial score (nSPS) is 19.3. The van der Waals surface area contributed by atoms with E-state index in [1.165, 1.54) is 36.8 Å².